The first-order valence-electron chi connectivity index (χ1n) is 6.38. The van der Waals surface area contributed by atoms with Crippen molar-refractivity contribution in [3.05, 3.63) is 68.9 Å². The van der Waals surface area contributed by atoms with Crippen LogP contribution in [0.1, 0.15) is 16.7 Å². The smallest absolute Gasteiger partial charge is 0.136 e. The number of hydrogen-bond donors (Lipinski definition) is 1. The average molecular weight is 338 g/mol. The van der Waals surface area contributed by atoms with Crippen LogP contribution < -0.4 is 5.32 Å². The lowest BCUT2D eigenvalue weighted by atomic mass is 10.2. The van der Waals surface area contributed by atoms with Crippen LogP contribution in [-0.4, -0.2) is 9.55 Å². The molecular weight excluding hydrogens is 325 g/mol. The molecule has 1 N–H and O–H groups in total. The molecule has 1 atom stereocenters. The number of halogens is 2. The Hall–Kier alpha value is -1.49. The van der Waals surface area contributed by atoms with E-state index in [0.717, 1.165) is 11.5 Å². The second kappa shape index (κ2) is 6.10. The predicted molar refractivity (Wildman–Crippen MR) is 89.5 cm³/mol. The first-order valence-corrected chi connectivity index (χ1v) is 8.01. The summed E-state index contributed by atoms with van der Waals surface area (Å²) in [4.78, 5) is 5.62. The summed E-state index contributed by atoms with van der Waals surface area (Å²) in [5.74, 6) is 0.925. The van der Waals surface area contributed by atoms with Gasteiger partial charge in [-0.1, -0.05) is 35.3 Å². The van der Waals surface area contributed by atoms with E-state index in [1.165, 1.54) is 4.88 Å². The molecule has 2 aromatic heterocycles. The number of nitrogens with zero attached hydrogens (tertiary/aromatic N) is 2. The zero-order chi connectivity index (χ0) is 14.8. The molecule has 6 heteroatoms. The van der Waals surface area contributed by atoms with Gasteiger partial charge in [-0.25, -0.2) is 4.98 Å². The highest BCUT2D eigenvalue weighted by Crippen LogP contribution is 2.34. The maximum atomic E-state index is 6.28. The van der Waals surface area contributed by atoms with Crippen LogP contribution in [0.15, 0.2) is 48.1 Å². The molecule has 3 nitrogen and oxygen atoms in total. The first-order chi connectivity index (χ1) is 10.2. The third-order valence-electron chi connectivity index (χ3n) is 3.20. The molecule has 0 aliphatic rings. The molecular formula is C15H13Cl2N3S. The lowest BCUT2D eigenvalue weighted by Gasteiger charge is -2.19. The van der Waals surface area contributed by atoms with Crippen molar-refractivity contribution < 1.29 is 0 Å². The molecule has 2 heterocycles. The van der Waals surface area contributed by atoms with Gasteiger partial charge in [0, 0.05) is 24.3 Å². The summed E-state index contributed by atoms with van der Waals surface area (Å²) in [6.07, 6.45) is 3.72. The second-order valence-electron chi connectivity index (χ2n) is 4.59. The van der Waals surface area contributed by atoms with Crippen LogP contribution in [0.25, 0.3) is 0 Å². The molecule has 108 valence electrons. The standard InChI is InChI=1S/C15H13Cl2N3S/c1-20-8-7-18-15(20)14(12-6-3-9-21-12)19-11-5-2-4-10(16)13(11)17/h2-9,14,19H,1H3. The van der Waals surface area contributed by atoms with E-state index >= 15 is 0 Å². The average Bonchev–Trinajstić information content (AvgIpc) is 3.12. The lowest BCUT2D eigenvalue weighted by Crippen LogP contribution is -2.15. The van der Waals surface area contributed by atoms with Crippen molar-refractivity contribution in [2.24, 2.45) is 7.05 Å². The van der Waals surface area contributed by atoms with E-state index in [4.69, 9.17) is 23.2 Å². The molecule has 0 spiro atoms. The van der Waals surface area contributed by atoms with Crippen molar-refractivity contribution in [2.75, 3.05) is 5.32 Å². The number of thiophene rings is 1. The van der Waals surface area contributed by atoms with E-state index in [1.807, 2.05) is 41.4 Å². The van der Waals surface area contributed by atoms with Gasteiger partial charge in [0.1, 0.15) is 11.9 Å². The van der Waals surface area contributed by atoms with Crippen molar-refractivity contribution in [1.82, 2.24) is 9.55 Å². The second-order valence-corrected chi connectivity index (χ2v) is 6.35. The topological polar surface area (TPSA) is 29.9 Å². The lowest BCUT2D eigenvalue weighted by molar-refractivity contribution is 0.756. The quantitative estimate of drug-likeness (QED) is 0.726. The Balaban J connectivity index is 2.01. The maximum Gasteiger partial charge on any atom is 0.136 e. The maximum absolute atomic E-state index is 6.28. The summed E-state index contributed by atoms with van der Waals surface area (Å²) >= 11 is 14.0. The summed E-state index contributed by atoms with van der Waals surface area (Å²) < 4.78 is 2.00. The molecule has 3 rings (SSSR count). The van der Waals surface area contributed by atoms with Crippen LogP contribution in [0.3, 0.4) is 0 Å². The zero-order valence-electron chi connectivity index (χ0n) is 11.3. The summed E-state index contributed by atoms with van der Waals surface area (Å²) in [5.41, 5.74) is 0.797. The van der Waals surface area contributed by atoms with Gasteiger partial charge in [-0.2, -0.15) is 0 Å². The number of rotatable bonds is 4. The third-order valence-corrected chi connectivity index (χ3v) is 4.95. The van der Waals surface area contributed by atoms with Crippen molar-refractivity contribution in [1.29, 1.82) is 0 Å². The third kappa shape index (κ3) is 2.93. The number of benzene rings is 1. The number of anilines is 1. The number of aryl methyl sites for hydroxylation is 1. The van der Waals surface area contributed by atoms with Gasteiger partial charge >= 0.3 is 0 Å². The van der Waals surface area contributed by atoms with E-state index in [1.54, 1.807) is 23.6 Å². The first kappa shape index (κ1) is 14.4. The van der Waals surface area contributed by atoms with E-state index in [0.29, 0.717) is 10.0 Å². The van der Waals surface area contributed by atoms with Crippen LogP contribution in [-0.2, 0) is 7.05 Å². The summed E-state index contributed by atoms with van der Waals surface area (Å²) in [5, 5.41) is 6.55. The fourth-order valence-electron chi connectivity index (χ4n) is 2.14. The number of hydrogen-bond acceptors (Lipinski definition) is 3. The summed E-state index contributed by atoms with van der Waals surface area (Å²) in [7, 11) is 1.98. The monoisotopic (exact) mass is 337 g/mol. The van der Waals surface area contributed by atoms with Gasteiger partial charge in [0.15, 0.2) is 0 Å². The van der Waals surface area contributed by atoms with Crippen molar-refractivity contribution >= 4 is 40.2 Å². The highest BCUT2D eigenvalue weighted by Gasteiger charge is 2.20. The van der Waals surface area contributed by atoms with Crippen molar-refractivity contribution in [3.63, 3.8) is 0 Å². The van der Waals surface area contributed by atoms with Gasteiger partial charge in [-0.3, -0.25) is 0 Å². The molecule has 21 heavy (non-hydrogen) atoms. The van der Waals surface area contributed by atoms with Gasteiger partial charge in [0.2, 0.25) is 0 Å². The van der Waals surface area contributed by atoms with Gasteiger partial charge in [0.05, 0.1) is 15.7 Å². The number of imidazole rings is 1. The van der Waals surface area contributed by atoms with Gasteiger partial charge in [-0.15, -0.1) is 11.3 Å². The Morgan fingerprint density at radius 2 is 2.10 bits per heavy atom. The predicted octanol–water partition coefficient (Wildman–Crippen LogP) is 4.99. The fourth-order valence-corrected chi connectivity index (χ4v) is 3.27. The molecule has 3 aromatic rings. The molecule has 0 saturated carbocycles. The molecule has 0 radical (unpaired) electrons. The Morgan fingerprint density at radius 1 is 1.24 bits per heavy atom. The van der Waals surface area contributed by atoms with Crippen molar-refractivity contribution in [3.8, 4) is 0 Å². The minimum Gasteiger partial charge on any atom is -0.370 e. The van der Waals surface area contributed by atoms with Crippen molar-refractivity contribution in [2.45, 2.75) is 6.04 Å². The molecule has 0 aliphatic carbocycles. The Bertz CT molecular complexity index is 737. The van der Waals surface area contributed by atoms with Gasteiger partial charge in [-0.05, 0) is 23.6 Å². The van der Waals surface area contributed by atoms with Crippen LogP contribution in [0.4, 0.5) is 5.69 Å². The largest absolute Gasteiger partial charge is 0.370 e. The molecule has 0 amide bonds. The molecule has 0 aliphatic heterocycles. The van der Waals surface area contributed by atoms with Crippen LogP contribution >= 0.6 is 34.5 Å². The van der Waals surface area contributed by atoms with Crippen LogP contribution in [0, 0.1) is 0 Å². The number of aromatic nitrogens is 2. The Labute approximate surface area is 137 Å². The van der Waals surface area contributed by atoms with E-state index in [-0.39, 0.29) is 6.04 Å². The Morgan fingerprint density at radius 3 is 2.76 bits per heavy atom. The summed E-state index contributed by atoms with van der Waals surface area (Å²) in [6.45, 7) is 0. The minimum atomic E-state index is -0.0685. The Kier molecular flexibility index (Phi) is 4.19. The highest BCUT2D eigenvalue weighted by atomic mass is 35.5. The van der Waals surface area contributed by atoms with Gasteiger partial charge in [0.25, 0.3) is 0 Å². The molecule has 1 unspecified atom stereocenters. The van der Waals surface area contributed by atoms with Crippen LogP contribution in [0.5, 0.6) is 0 Å². The molecule has 0 bridgehead atoms. The zero-order valence-corrected chi connectivity index (χ0v) is 13.6. The highest BCUT2D eigenvalue weighted by molar-refractivity contribution is 7.10. The van der Waals surface area contributed by atoms with E-state index in [9.17, 15) is 0 Å². The fraction of sp³-hybridized carbons (Fsp3) is 0.133. The molecule has 0 fully saturated rings. The normalized spacial score (nSPS) is 12.3. The van der Waals surface area contributed by atoms with E-state index < -0.39 is 0 Å². The summed E-state index contributed by atoms with van der Waals surface area (Å²) in [6, 6.07) is 9.60. The minimum absolute atomic E-state index is 0.0685. The van der Waals surface area contributed by atoms with Crippen LogP contribution in [0.2, 0.25) is 10.0 Å². The SMILES string of the molecule is Cn1ccnc1C(Nc1cccc(Cl)c1Cl)c1cccs1. The van der Waals surface area contributed by atoms with Gasteiger partial charge < -0.3 is 9.88 Å². The molecule has 0 saturated heterocycles. The molecule has 1 aromatic carbocycles. The number of nitrogens with one attached hydrogen (secondary N) is 1. The van der Waals surface area contributed by atoms with E-state index in [2.05, 4.69) is 16.4 Å².